The minimum absolute atomic E-state index is 0.122. The van der Waals surface area contributed by atoms with Crippen LogP contribution in [-0.4, -0.2) is 24.2 Å². The third kappa shape index (κ3) is 2.59. The van der Waals surface area contributed by atoms with Gasteiger partial charge >= 0.3 is 5.97 Å². The molecule has 4 aliphatic carbocycles. The number of esters is 1. The SMILES string of the molecule is CC1(C)CC[C@]23CC[C@]4(C)[C@H](CC[C@@H]5[C@@]6(C)CCCNC(C)(C)[C@@H]6CC[C@]54C)[C@H]2[C@H]1OC3=O. The van der Waals surface area contributed by atoms with Crippen LogP contribution in [0.5, 0.6) is 0 Å². The summed E-state index contributed by atoms with van der Waals surface area (Å²) in [6, 6.07) is 0. The lowest BCUT2D eigenvalue weighted by atomic mass is 9.32. The molecule has 2 heterocycles. The normalized spacial score (nSPS) is 56.5. The highest BCUT2D eigenvalue weighted by Gasteiger charge is 2.74. The Morgan fingerprint density at radius 1 is 0.788 bits per heavy atom. The average Bonchev–Trinajstić information content (AvgIpc) is 2.91. The van der Waals surface area contributed by atoms with E-state index in [-0.39, 0.29) is 28.4 Å². The molecule has 3 heteroatoms. The second-order valence-corrected chi connectivity index (χ2v) is 15.4. The van der Waals surface area contributed by atoms with Crippen LogP contribution in [0.3, 0.4) is 0 Å². The Hall–Kier alpha value is -0.570. The molecule has 0 spiro atoms. The molecule has 0 amide bonds. The summed E-state index contributed by atoms with van der Waals surface area (Å²) in [5.74, 6) is 2.81. The van der Waals surface area contributed by atoms with Crippen molar-refractivity contribution in [3.05, 3.63) is 0 Å². The van der Waals surface area contributed by atoms with E-state index in [4.69, 9.17) is 4.74 Å². The Balaban J connectivity index is 1.42. The van der Waals surface area contributed by atoms with Crippen LogP contribution < -0.4 is 5.32 Å². The number of fused-ring (bicyclic) bond motifs is 5. The molecule has 2 bridgehead atoms. The molecule has 0 aromatic heterocycles. The quantitative estimate of drug-likeness (QED) is 0.411. The van der Waals surface area contributed by atoms with Gasteiger partial charge in [-0.1, -0.05) is 34.6 Å². The highest BCUT2D eigenvalue weighted by Crippen LogP contribution is 2.77. The van der Waals surface area contributed by atoms with Crippen molar-refractivity contribution in [2.24, 2.45) is 50.7 Å². The van der Waals surface area contributed by atoms with Crippen LogP contribution in [0.4, 0.5) is 0 Å². The van der Waals surface area contributed by atoms with Gasteiger partial charge in [-0.15, -0.1) is 0 Å². The second-order valence-electron chi connectivity index (χ2n) is 15.4. The van der Waals surface area contributed by atoms with Gasteiger partial charge in [0.1, 0.15) is 6.10 Å². The molecular formula is C30H49NO2. The summed E-state index contributed by atoms with van der Waals surface area (Å²) in [5, 5.41) is 3.94. The number of carbonyl (C=O) groups excluding carboxylic acids is 1. The fraction of sp³-hybridized carbons (Fsp3) is 0.967. The lowest BCUT2D eigenvalue weighted by Gasteiger charge is -2.71. The van der Waals surface area contributed by atoms with Crippen molar-refractivity contribution in [2.75, 3.05) is 6.54 Å². The number of carbonyl (C=O) groups is 1. The van der Waals surface area contributed by atoms with E-state index in [0.717, 1.165) is 31.1 Å². The number of hydrogen-bond acceptors (Lipinski definition) is 3. The molecule has 2 saturated heterocycles. The van der Waals surface area contributed by atoms with Gasteiger partial charge < -0.3 is 10.1 Å². The van der Waals surface area contributed by atoms with Crippen LogP contribution in [0, 0.1) is 50.7 Å². The standard InChI is InChI=1S/C30H49NO2/c1-25(2)14-16-30-17-15-28(6)19(22(30)23(25)33-24(30)32)9-10-21-27(5)12-8-18-31-26(3,4)20(27)11-13-29(21,28)7/h19-23,31H,8-18H2,1-7H3/t19-,20+,21-,22+,23-,27+,28-,29-,30+/m1/s1. The number of rotatable bonds is 0. The van der Waals surface area contributed by atoms with E-state index >= 15 is 0 Å². The summed E-state index contributed by atoms with van der Waals surface area (Å²) < 4.78 is 6.30. The highest BCUT2D eigenvalue weighted by molar-refractivity contribution is 5.81. The molecular weight excluding hydrogens is 406 g/mol. The van der Waals surface area contributed by atoms with E-state index in [1.807, 2.05) is 0 Å². The molecule has 6 aliphatic rings. The van der Waals surface area contributed by atoms with Crippen molar-refractivity contribution < 1.29 is 9.53 Å². The fourth-order valence-corrected chi connectivity index (χ4v) is 11.7. The number of ether oxygens (including phenoxy) is 1. The summed E-state index contributed by atoms with van der Waals surface area (Å²) in [6.45, 7) is 18.9. The molecule has 0 aromatic rings. The summed E-state index contributed by atoms with van der Waals surface area (Å²) in [7, 11) is 0. The van der Waals surface area contributed by atoms with Gasteiger partial charge in [0.05, 0.1) is 5.41 Å². The smallest absolute Gasteiger partial charge is 0.312 e. The fourth-order valence-electron chi connectivity index (χ4n) is 11.7. The molecule has 186 valence electrons. The maximum absolute atomic E-state index is 13.4. The monoisotopic (exact) mass is 455 g/mol. The van der Waals surface area contributed by atoms with E-state index in [0.29, 0.717) is 28.1 Å². The first-order valence-corrected chi connectivity index (χ1v) is 14.3. The van der Waals surface area contributed by atoms with Gasteiger partial charge in [0.15, 0.2) is 0 Å². The van der Waals surface area contributed by atoms with Crippen LogP contribution in [0.15, 0.2) is 0 Å². The maximum atomic E-state index is 13.4. The summed E-state index contributed by atoms with van der Waals surface area (Å²) >= 11 is 0. The molecule has 4 saturated carbocycles. The lowest BCUT2D eigenvalue weighted by Crippen LogP contribution is -2.67. The van der Waals surface area contributed by atoms with Crippen molar-refractivity contribution in [2.45, 2.75) is 124 Å². The molecule has 6 fully saturated rings. The van der Waals surface area contributed by atoms with E-state index in [1.54, 1.807) is 0 Å². The lowest BCUT2D eigenvalue weighted by molar-refractivity contribution is -0.231. The maximum Gasteiger partial charge on any atom is 0.312 e. The van der Waals surface area contributed by atoms with Crippen molar-refractivity contribution in [3.63, 3.8) is 0 Å². The van der Waals surface area contributed by atoms with Gasteiger partial charge in [0.25, 0.3) is 0 Å². The first kappa shape index (κ1) is 22.9. The van der Waals surface area contributed by atoms with Gasteiger partial charge in [-0.05, 0) is 119 Å². The summed E-state index contributed by atoms with van der Waals surface area (Å²) in [4.78, 5) is 13.4. The van der Waals surface area contributed by atoms with Gasteiger partial charge in [-0.25, -0.2) is 0 Å². The van der Waals surface area contributed by atoms with E-state index < -0.39 is 0 Å². The molecule has 0 unspecified atom stereocenters. The number of hydrogen-bond donors (Lipinski definition) is 1. The highest BCUT2D eigenvalue weighted by atomic mass is 16.6. The summed E-state index contributed by atoms with van der Waals surface area (Å²) in [6.07, 6.45) is 12.7. The van der Waals surface area contributed by atoms with E-state index in [1.165, 1.54) is 51.5 Å². The average molecular weight is 456 g/mol. The minimum atomic E-state index is -0.164. The van der Waals surface area contributed by atoms with Gasteiger partial charge in [-0.2, -0.15) is 0 Å². The van der Waals surface area contributed by atoms with Crippen LogP contribution in [-0.2, 0) is 9.53 Å². The van der Waals surface area contributed by atoms with Gasteiger partial charge in [-0.3, -0.25) is 4.79 Å². The molecule has 9 atom stereocenters. The minimum Gasteiger partial charge on any atom is -0.461 e. The van der Waals surface area contributed by atoms with Gasteiger partial charge in [0.2, 0.25) is 0 Å². The Morgan fingerprint density at radius 2 is 1.52 bits per heavy atom. The molecule has 0 radical (unpaired) electrons. The van der Waals surface area contributed by atoms with Crippen LogP contribution >= 0.6 is 0 Å². The van der Waals surface area contributed by atoms with E-state index in [2.05, 4.69) is 53.8 Å². The molecule has 1 N–H and O–H groups in total. The van der Waals surface area contributed by atoms with Gasteiger partial charge in [0, 0.05) is 16.9 Å². The zero-order valence-electron chi connectivity index (χ0n) is 22.5. The Kier molecular flexibility index (Phi) is 4.57. The van der Waals surface area contributed by atoms with Crippen molar-refractivity contribution in [1.29, 1.82) is 0 Å². The van der Waals surface area contributed by atoms with Crippen LogP contribution in [0.25, 0.3) is 0 Å². The van der Waals surface area contributed by atoms with Crippen LogP contribution in [0.1, 0.15) is 113 Å². The predicted molar refractivity (Wildman–Crippen MR) is 133 cm³/mol. The zero-order valence-corrected chi connectivity index (χ0v) is 22.5. The molecule has 3 nitrogen and oxygen atoms in total. The third-order valence-electron chi connectivity index (χ3n) is 13.7. The van der Waals surface area contributed by atoms with Crippen molar-refractivity contribution in [1.82, 2.24) is 5.32 Å². The predicted octanol–water partition coefficient (Wildman–Crippen LogP) is 6.75. The zero-order chi connectivity index (χ0) is 23.7. The molecule has 6 rings (SSSR count). The van der Waals surface area contributed by atoms with Crippen LogP contribution in [0.2, 0.25) is 0 Å². The Bertz CT molecular complexity index is 863. The second kappa shape index (κ2) is 6.60. The topological polar surface area (TPSA) is 38.3 Å². The summed E-state index contributed by atoms with van der Waals surface area (Å²) in [5.41, 5.74) is 1.29. The van der Waals surface area contributed by atoms with Crippen molar-refractivity contribution in [3.8, 4) is 0 Å². The first-order valence-electron chi connectivity index (χ1n) is 14.3. The van der Waals surface area contributed by atoms with E-state index in [9.17, 15) is 4.79 Å². The first-order chi connectivity index (χ1) is 15.3. The molecule has 2 aliphatic heterocycles. The Labute approximate surface area is 202 Å². The molecule has 33 heavy (non-hydrogen) atoms. The number of nitrogens with one attached hydrogen (secondary N) is 1. The van der Waals surface area contributed by atoms with Crippen molar-refractivity contribution >= 4 is 5.97 Å². The molecule has 0 aromatic carbocycles. The Morgan fingerprint density at radius 3 is 2.27 bits per heavy atom. The third-order valence-corrected chi connectivity index (χ3v) is 13.7. The largest absolute Gasteiger partial charge is 0.461 e.